The molecule has 0 saturated carbocycles. The molecule has 10 heavy (non-hydrogen) atoms. The van der Waals surface area contributed by atoms with E-state index in [1.54, 1.807) is 10.7 Å². The highest BCUT2D eigenvalue weighted by atomic mass is 15.3. The second kappa shape index (κ2) is 2.13. The van der Waals surface area contributed by atoms with Gasteiger partial charge in [0.15, 0.2) is 0 Å². The first-order valence-electron chi connectivity index (χ1n) is 2.96. The molecule has 0 unspecified atom stereocenters. The van der Waals surface area contributed by atoms with Gasteiger partial charge in [0.05, 0.1) is 0 Å². The van der Waals surface area contributed by atoms with E-state index in [2.05, 4.69) is 5.10 Å². The molecule has 0 aliphatic heterocycles. The van der Waals surface area contributed by atoms with Crippen LogP contribution in [0.25, 0.3) is 0 Å². The monoisotopic (exact) mass is 138 g/mol. The van der Waals surface area contributed by atoms with Gasteiger partial charge < -0.3 is 5.73 Å². The maximum Gasteiger partial charge on any atom is 0.143 e. The molecular weight excluding hydrogens is 128 g/mol. The second-order valence-electron chi connectivity index (χ2n) is 2.21. The van der Waals surface area contributed by atoms with Crippen molar-refractivity contribution in [2.75, 3.05) is 0 Å². The molecule has 0 aliphatic carbocycles. The van der Waals surface area contributed by atoms with E-state index in [4.69, 9.17) is 11.1 Å². The van der Waals surface area contributed by atoms with Crippen LogP contribution in [0.1, 0.15) is 11.4 Å². The Labute approximate surface area is 59.2 Å². The van der Waals surface area contributed by atoms with Crippen molar-refractivity contribution >= 4 is 5.84 Å². The van der Waals surface area contributed by atoms with E-state index < -0.39 is 0 Å². The number of aromatic nitrogens is 2. The van der Waals surface area contributed by atoms with Crippen LogP contribution in [0.4, 0.5) is 0 Å². The summed E-state index contributed by atoms with van der Waals surface area (Å²) in [5, 5.41) is 11.0. The number of amidine groups is 1. The van der Waals surface area contributed by atoms with E-state index in [1.165, 1.54) is 0 Å². The topological polar surface area (TPSA) is 67.7 Å². The number of nitrogens with one attached hydrogen (secondary N) is 1. The fraction of sp³-hybridized carbons (Fsp3) is 0.333. The van der Waals surface area contributed by atoms with Gasteiger partial charge in [-0.25, -0.2) is 0 Å². The van der Waals surface area contributed by atoms with Gasteiger partial charge in [0.2, 0.25) is 0 Å². The summed E-state index contributed by atoms with van der Waals surface area (Å²) in [6.45, 7) is 1.92. The van der Waals surface area contributed by atoms with E-state index >= 15 is 0 Å². The Morgan fingerprint density at radius 3 is 2.60 bits per heavy atom. The highest BCUT2D eigenvalue weighted by molar-refractivity contribution is 5.93. The summed E-state index contributed by atoms with van der Waals surface area (Å²) in [5.74, 6) is 0.0173. The van der Waals surface area contributed by atoms with Crippen molar-refractivity contribution in [1.29, 1.82) is 5.41 Å². The van der Waals surface area contributed by atoms with E-state index in [0.29, 0.717) is 5.69 Å². The first-order chi connectivity index (χ1) is 4.61. The molecule has 4 heteroatoms. The molecule has 1 aromatic heterocycles. The average Bonchev–Trinajstić information content (AvgIpc) is 2.13. The third-order valence-corrected chi connectivity index (χ3v) is 1.39. The molecular formula is C6H10N4. The summed E-state index contributed by atoms with van der Waals surface area (Å²) in [4.78, 5) is 0. The van der Waals surface area contributed by atoms with Crippen LogP contribution in [-0.2, 0) is 7.05 Å². The van der Waals surface area contributed by atoms with Crippen LogP contribution >= 0.6 is 0 Å². The van der Waals surface area contributed by atoms with Crippen molar-refractivity contribution in [3.63, 3.8) is 0 Å². The Kier molecular flexibility index (Phi) is 1.45. The lowest BCUT2D eigenvalue weighted by Crippen LogP contribution is -2.11. The molecule has 0 aromatic carbocycles. The molecule has 0 bridgehead atoms. The number of hydrogen-bond donors (Lipinski definition) is 2. The average molecular weight is 138 g/mol. The van der Waals surface area contributed by atoms with Gasteiger partial charge in [-0.15, -0.1) is 0 Å². The molecule has 0 aliphatic rings. The molecule has 0 spiro atoms. The van der Waals surface area contributed by atoms with E-state index in [-0.39, 0.29) is 5.84 Å². The lowest BCUT2D eigenvalue weighted by Gasteiger charge is -1.89. The van der Waals surface area contributed by atoms with E-state index in [0.717, 1.165) is 5.69 Å². The smallest absolute Gasteiger partial charge is 0.143 e. The molecule has 0 amide bonds. The molecule has 1 rings (SSSR count). The van der Waals surface area contributed by atoms with Crippen molar-refractivity contribution in [3.8, 4) is 0 Å². The van der Waals surface area contributed by atoms with E-state index in [1.807, 2.05) is 14.0 Å². The largest absolute Gasteiger partial charge is 0.382 e. The van der Waals surface area contributed by atoms with Crippen LogP contribution in [0.5, 0.6) is 0 Å². The minimum absolute atomic E-state index is 0.0173. The first kappa shape index (κ1) is 6.80. The fourth-order valence-electron chi connectivity index (χ4n) is 0.692. The minimum atomic E-state index is 0.0173. The normalized spacial score (nSPS) is 9.80. The summed E-state index contributed by atoms with van der Waals surface area (Å²) in [6.07, 6.45) is 0. The van der Waals surface area contributed by atoms with Gasteiger partial charge in [0.25, 0.3) is 0 Å². The Hall–Kier alpha value is -1.32. The van der Waals surface area contributed by atoms with Gasteiger partial charge in [-0.2, -0.15) is 5.10 Å². The predicted molar refractivity (Wildman–Crippen MR) is 39.0 cm³/mol. The molecule has 0 radical (unpaired) electrons. The molecule has 4 nitrogen and oxygen atoms in total. The number of nitrogen functional groups attached to an aromatic ring is 1. The first-order valence-corrected chi connectivity index (χ1v) is 2.96. The summed E-state index contributed by atoms with van der Waals surface area (Å²) in [6, 6.07) is 1.78. The molecule has 0 atom stereocenters. The van der Waals surface area contributed by atoms with E-state index in [9.17, 15) is 0 Å². The van der Waals surface area contributed by atoms with Gasteiger partial charge >= 0.3 is 0 Å². The minimum Gasteiger partial charge on any atom is -0.382 e. The molecule has 54 valence electrons. The number of aryl methyl sites for hydroxylation is 2. The zero-order valence-electron chi connectivity index (χ0n) is 6.05. The Bertz CT molecular complexity index is 241. The second-order valence-corrected chi connectivity index (χ2v) is 2.21. The van der Waals surface area contributed by atoms with Crippen molar-refractivity contribution < 1.29 is 0 Å². The lowest BCUT2D eigenvalue weighted by molar-refractivity contribution is 0.737. The summed E-state index contributed by atoms with van der Waals surface area (Å²) in [7, 11) is 1.82. The Morgan fingerprint density at radius 2 is 2.40 bits per heavy atom. The lowest BCUT2D eigenvalue weighted by atomic mass is 10.3. The van der Waals surface area contributed by atoms with Crippen LogP contribution < -0.4 is 5.73 Å². The van der Waals surface area contributed by atoms with Gasteiger partial charge in [-0.3, -0.25) is 10.1 Å². The van der Waals surface area contributed by atoms with Crippen molar-refractivity contribution in [1.82, 2.24) is 9.78 Å². The van der Waals surface area contributed by atoms with Crippen LogP contribution in [0.3, 0.4) is 0 Å². The quantitative estimate of drug-likeness (QED) is 0.424. The Balaban J connectivity index is 3.10. The number of hydrogen-bond acceptors (Lipinski definition) is 2. The third-order valence-electron chi connectivity index (χ3n) is 1.39. The zero-order valence-corrected chi connectivity index (χ0v) is 6.05. The van der Waals surface area contributed by atoms with Gasteiger partial charge in [0, 0.05) is 12.7 Å². The molecule has 0 fully saturated rings. The third kappa shape index (κ3) is 1.00. The predicted octanol–water partition coefficient (Wildman–Crippen LogP) is 0.0126. The maximum atomic E-state index is 7.05. The van der Waals surface area contributed by atoms with Crippen molar-refractivity contribution in [2.24, 2.45) is 12.8 Å². The van der Waals surface area contributed by atoms with Crippen molar-refractivity contribution in [2.45, 2.75) is 6.92 Å². The summed E-state index contributed by atoms with van der Waals surface area (Å²) >= 11 is 0. The molecule has 1 aromatic rings. The SMILES string of the molecule is Cc1cc(C(=N)N)nn1C. The van der Waals surface area contributed by atoms with Crippen LogP contribution in [-0.4, -0.2) is 15.6 Å². The van der Waals surface area contributed by atoms with Crippen LogP contribution in [0.15, 0.2) is 6.07 Å². The molecule has 1 heterocycles. The van der Waals surface area contributed by atoms with Crippen LogP contribution in [0, 0.1) is 12.3 Å². The standard InChI is InChI=1S/C6H10N4/c1-4-3-5(6(7)8)9-10(4)2/h3H,1-2H3,(H3,7,8). The zero-order chi connectivity index (χ0) is 7.72. The fourth-order valence-corrected chi connectivity index (χ4v) is 0.692. The van der Waals surface area contributed by atoms with Gasteiger partial charge in [0.1, 0.15) is 11.5 Å². The summed E-state index contributed by atoms with van der Waals surface area (Å²) in [5.41, 5.74) is 6.75. The molecule has 0 saturated heterocycles. The van der Waals surface area contributed by atoms with Crippen LogP contribution in [0.2, 0.25) is 0 Å². The Morgan fingerprint density at radius 1 is 1.80 bits per heavy atom. The van der Waals surface area contributed by atoms with Gasteiger partial charge in [-0.1, -0.05) is 0 Å². The number of rotatable bonds is 1. The summed E-state index contributed by atoms with van der Waals surface area (Å²) < 4.78 is 1.69. The highest BCUT2D eigenvalue weighted by Gasteiger charge is 2.01. The number of nitrogens with zero attached hydrogens (tertiary/aromatic N) is 2. The number of nitrogens with two attached hydrogens (primary N) is 1. The maximum absolute atomic E-state index is 7.05. The highest BCUT2D eigenvalue weighted by Crippen LogP contribution is 1.98. The molecule has 3 N–H and O–H groups in total. The van der Waals surface area contributed by atoms with Gasteiger partial charge in [-0.05, 0) is 13.0 Å². The van der Waals surface area contributed by atoms with Crippen molar-refractivity contribution in [3.05, 3.63) is 17.5 Å².